The van der Waals surface area contributed by atoms with Gasteiger partial charge in [-0.25, -0.2) is 0 Å². The second-order valence-corrected chi connectivity index (χ2v) is 3.13. The normalized spacial score (nSPS) is 17.8. The molecular weight excluding hydrogens is 164 g/mol. The lowest BCUT2D eigenvalue weighted by Gasteiger charge is -2.09. The van der Waals surface area contributed by atoms with Crippen LogP contribution in [0.4, 0.5) is 0 Å². The monoisotopic (exact) mass is 176 g/mol. The SMILES string of the molecule is OC(C1=COCC1)c1ccccc1. The van der Waals surface area contributed by atoms with Crippen LogP contribution in [0.1, 0.15) is 18.1 Å². The Morgan fingerprint density at radius 3 is 2.62 bits per heavy atom. The largest absolute Gasteiger partial charge is 0.501 e. The van der Waals surface area contributed by atoms with E-state index in [-0.39, 0.29) is 0 Å². The van der Waals surface area contributed by atoms with Gasteiger partial charge >= 0.3 is 0 Å². The van der Waals surface area contributed by atoms with Gasteiger partial charge in [0.15, 0.2) is 0 Å². The van der Waals surface area contributed by atoms with Crippen molar-refractivity contribution >= 4 is 0 Å². The minimum Gasteiger partial charge on any atom is -0.501 e. The highest BCUT2D eigenvalue weighted by molar-refractivity contribution is 5.25. The summed E-state index contributed by atoms with van der Waals surface area (Å²) in [6.07, 6.45) is 2.00. The molecule has 1 unspecified atom stereocenters. The number of aliphatic hydroxyl groups is 1. The fraction of sp³-hybridized carbons (Fsp3) is 0.273. The highest BCUT2D eigenvalue weighted by Gasteiger charge is 2.16. The van der Waals surface area contributed by atoms with Crippen LogP contribution in [0, 0.1) is 0 Å². The lowest BCUT2D eigenvalue weighted by Crippen LogP contribution is -1.99. The summed E-state index contributed by atoms with van der Waals surface area (Å²) in [4.78, 5) is 0. The Kier molecular flexibility index (Phi) is 2.32. The van der Waals surface area contributed by atoms with Crippen molar-refractivity contribution in [3.8, 4) is 0 Å². The third-order valence-electron chi connectivity index (χ3n) is 2.21. The van der Waals surface area contributed by atoms with Crippen molar-refractivity contribution in [3.63, 3.8) is 0 Å². The van der Waals surface area contributed by atoms with Crippen LogP contribution in [-0.4, -0.2) is 11.7 Å². The average Bonchev–Trinajstić information content (AvgIpc) is 2.71. The third-order valence-corrected chi connectivity index (χ3v) is 2.21. The first-order valence-corrected chi connectivity index (χ1v) is 4.41. The molecular formula is C11H12O2. The summed E-state index contributed by atoms with van der Waals surface area (Å²) in [5.41, 5.74) is 1.89. The van der Waals surface area contributed by atoms with Gasteiger partial charge in [-0.05, 0) is 5.56 Å². The van der Waals surface area contributed by atoms with E-state index in [1.807, 2.05) is 30.3 Å². The summed E-state index contributed by atoms with van der Waals surface area (Å²) in [5, 5.41) is 9.87. The van der Waals surface area contributed by atoms with Crippen molar-refractivity contribution in [2.45, 2.75) is 12.5 Å². The molecule has 2 heteroatoms. The van der Waals surface area contributed by atoms with E-state index in [4.69, 9.17) is 4.74 Å². The Hall–Kier alpha value is -1.28. The number of benzene rings is 1. The van der Waals surface area contributed by atoms with Gasteiger partial charge in [-0.1, -0.05) is 30.3 Å². The molecule has 2 nitrogen and oxygen atoms in total. The lowest BCUT2D eigenvalue weighted by atomic mass is 10.0. The molecule has 2 rings (SSSR count). The van der Waals surface area contributed by atoms with E-state index in [1.165, 1.54) is 0 Å². The molecule has 0 aliphatic carbocycles. The highest BCUT2D eigenvalue weighted by Crippen LogP contribution is 2.26. The van der Waals surface area contributed by atoms with Crippen molar-refractivity contribution in [2.75, 3.05) is 6.61 Å². The zero-order chi connectivity index (χ0) is 9.10. The molecule has 1 atom stereocenters. The van der Waals surface area contributed by atoms with Crippen molar-refractivity contribution in [1.29, 1.82) is 0 Å². The Morgan fingerprint density at radius 1 is 1.23 bits per heavy atom. The fourth-order valence-electron chi connectivity index (χ4n) is 1.45. The summed E-state index contributed by atoms with van der Waals surface area (Å²) in [5.74, 6) is 0. The fourth-order valence-corrected chi connectivity index (χ4v) is 1.45. The maximum absolute atomic E-state index is 9.87. The van der Waals surface area contributed by atoms with Crippen LogP contribution >= 0.6 is 0 Å². The number of hydrogen-bond donors (Lipinski definition) is 1. The summed E-state index contributed by atoms with van der Waals surface area (Å²) < 4.78 is 5.08. The van der Waals surface area contributed by atoms with E-state index in [9.17, 15) is 5.11 Å². The molecule has 1 aromatic carbocycles. The Bertz CT molecular complexity index is 303. The summed E-state index contributed by atoms with van der Waals surface area (Å²) >= 11 is 0. The predicted octanol–water partition coefficient (Wildman–Crippen LogP) is 2.02. The minimum absolute atomic E-state index is 0.497. The van der Waals surface area contributed by atoms with E-state index in [0.29, 0.717) is 6.61 Å². The maximum Gasteiger partial charge on any atom is 0.103 e. The summed E-state index contributed by atoms with van der Waals surface area (Å²) in [7, 11) is 0. The van der Waals surface area contributed by atoms with Crippen LogP contribution in [0.3, 0.4) is 0 Å². The lowest BCUT2D eigenvalue weighted by molar-refractivity contribution is 0.213. The zero-order valence-electron chi connectivity index (χ0n) is 7.31. The van der Waals surface area contributed by atoms with Gasteiger partial charge in [-0.2, -0.15) is 0 Å². The van der Waals surface area contributed by atoms with Crippen molar-refractivity contribution < 1.29 is 9.84 Å². The van der Waals surface area contributed by atoms with Crippen LogP contribution in [-0.2, 0) is 4.74 Å². The number of aliphatic hydroxyl groups excluding tert-OH is 1. The van der Waals surface area contributed by atoms with Gasteiger partial charge < -0.3 is 9.84 Å². The van der Waals surface area contributed by atoms with E-state index in [0.717, 1.165) is 17.6 Å². The zero-order valence-corrected chi connectivity index (χ0v) is 7.31. The van der Waals surface area contributed by atoms with Crippen LogP contribution < -0.4 is 0 Å². The average molecular weight is 176 g/mol. The van der Waals surface area contributed by atoms with Crippen LogP contribution in [0.25, 0.3) is 0 Å². The second kappa shape index (κ2) is 3.62. The van der Waals surface area contributed by atoms with Gasteiger partial charge in [0.25, 0.3) is 0 Å². The molecule has 0 saturated heterocycles. The molecule has 0 aromatic heterocycles. The highest BCUT2D eigenvalue weighted by atomic mass is 16.5. The second-order valence-electron chi connectivity index (χ2n) is 3.13. The Morgan fingerprint density at radius 2 is 2.00 bits per heavy atom. The standard InChI is InChI=1S/C11H12O2/c12-11(10-6-7-13-8-10)9-4-2-1-3-5-9/h1-5,8,11-12H,6-7H2. The van der Waals surface area contributed by atoms with Gasteiger partial charge in [0.05, 0.1) is 12.9 Å². The van der Waals surface area contributed by atoms with E-state index < -0.39 is 6.10 Å². The molecule has 0 fully saturated rings. The first-order valence-electron chi connectivity index (χ1n) is 4.41. The molecule has 0 bridgehead atoms. The van der Waals surface area contributed by atoms with E-state index in [2.05, 4.69) is 0 Å². The first-order chi connectivity index (χ1) is 6.38. The number of hydrogen-bond acceptors (Lipinski definition) is 2. The van der Waals surface area contributed by atoms with Crippen molar-refractivity contribution in [2.24, 2.45) is 0 Å². The minimum atomic E-state index is -0.497. The smallest absolute Gasteiger partial charge is 0.103 e. The molecule has 0 amide bonds. The summed E-state index contributed by atoms with van der Waals surface area (Å²) in [6.45, 7) is 0.694. The molecule has 1 heterocycles. The van der Waals surface area contributed by atoms with Crippen LogP contribution in [0.5, 0.6) is 0 Å². The Labute approximate surface area is 77.5 Å². The molecule has 0 spiro atoms. The number of rotatable bonds is 2. The predicted molar refractivity (Wildman–Crippen MR) is 50.1 cm³/mol. The third kappa shape index (κ3) is 1.73. The van der Waals surface area contributed by atoms with Gasteiger partial charge in [0.2, 0.25) is 0 Å². The van der Waals surface area contributed by atoms with Crippen LogP contribution in [0.15, 0.2) is 42.2 Å². The van der Waals surface area contributed by atoms with Gasteiger partial charge in [0.1, 0.15) is 6.10 Å². The topological polar surface area (TPSA) is 29.5 Å². The molecule has 1 N–H and O–H groups in total. The maximum atomic E-state index is 9.87. The first kappa shape index (κ1) is 8.32. The van der Waals surface area contributed by atoms with Gasteiger partial charge in [-0.3, -0.25) is 0 Å². The molecule has 68 valence electrons. The molecule has 13 heavy (non-hydrogen) atoms. The van der Waals surface area contributed by atoms with Crippen molar-refractivity contribution in [1.82, 2.24) is 0 Å². The van der Waals surface area contributed by atoms with Gasteiger partial charge in [0, 0.05) is 12.0 Å². The van der Waals surface area contributed by atoms with E-state index in [1.54, 1.807) is 6.26 Å². The molecule has 0 radical (unpaired) electrons. The van der Waals surface area contributed by atoms with Gasteiger partial charge in [-0.15, -0.1) is 0 Å². The number of ether oxygens (including phenoxy) is 1. The quantitative estimate of drug-likeness (QED) is 0.747. The molecule has 1 aliphatic heterocycles. The summed E-state index contributed by atoms with van der Waals surface area (Å²) in [6, 6.07) is 9.63. The molecule has 0 saturated carbocycles. The molecule has 1 aromatic rings. The molecule has 1 aliphatic rings. The van der Waals surface area contributed by atoms with Crippen molar-refractivity contribution in [3.05, 3.63) is 47.7 Å². The van der Waals surface area contributed by atoms with E-state index >= 15 is 0 Å². The Balaban J connectivity index is 2.17. The van der Waals surface area contributed by atoms with Crippen LogP contribution in [0.2, 0.25) is 0 Å².